The molecule has 0 bridgehead atoms. The van der Waals surface area contributed by atoms with Crippen molar-refractivity contribution in [3.05, 3.63) is 57.3 Å². The van der Waals surface area contributed by atoms with Crippen LogP contribution in [0.2, 0.25) is 5.02 Å². The van der Waals surface area contributed by atoms with Crippen molar-refractivity contribution in [1.29, 1.82) is 0 Å². The summed E-state index contributed by atoms with van der Waals surface area (Å²) in [6, 6.07) is 8.51. The molecular weight excluding hydrogens is 379 g/mol. The number of carbonyl (C=O) groups excluding carboxylic acids is 1. The van der Waals surface area contributed by atoms with Crippen LogP contribution in [-0.4, -0.2) is 18.1 Å². The molecule has 2 aromatic carbocycles. The molecular formula is C13H9BBrClFNO2S. The van der Waals surface area contributed by atoms with Crippen molar-refractivity contribution in [2.45, 2.75) is 0 Å². The van der Waals surface area contributed by atoms with Crippen LogP contribution in [0, 0.1) is 5.82 Å². The second-order valence-electron chi connectivity index (χ2n) is 3.71. The van der Waals surface area contributed by atoms with Crippen LogP contribution < -0.4 is 5.32 Å². The van der Waals surface area contributed by atoms with E-state index in [9.17, 15) is 14.3 Å². The summed E-state index contributed by atoms with van der Waals surface area (Å²) in [6.45, 7) is 0. The normalized spacial score (nSPS) is 9.52. The van der Waals surface area contributed by atoms with Crippen molar-refractivity contribution in [3.63, 3.8) is 0 Å². The summed E-state index contributed by atoms with van der Waals surface area (Å²) >= 11 is 12.0. The molecule has 0 fully saturated rings. The molecule has 2 rings (SSSR count). The van der Waals surface area contributed by atoms with Crippen molar-refractivity contribution in [2.75, 3.05) is 5.32 Å². The van der Waals surface area contributed by atoms with Gasteiger partial charge < -0.3 is 10.4 Å². The number of nitrogens with one attached hydrogen (secondary N) is 1. The summed E-state index contributed by atoms with van der Waals surface area (Å²) in [6.07, 6.45) is 0. The smallest absolute Gasteiger partial charge is 0.260 e. The van der Waals surface area contributed by atoms with E-state index in [0.717, 1.165) is 6.07 Å². The molecule has 8 heteroatoms. The summed E-state index contributed by atoms with van der Waals surface area (Å²) in [5, 5.41) is 12.1. The van der Waals surface area contributed by atoms with E-state index < -0.39 is 11.7 Å². The van der Waals surface area contributed by atoms with Gasteiger partial charge in [0.05, 0.1) is 16.3 Å². The second-order valence-corrected chi connectivity index (χ2v) is 5.04. The van der Waals surface area contributed by atoms with Gasteiger partial charge in [0.1, 0.15) is 11.6 Å². The molecule has 0 unspecified atom stereocenters. The molecule has 0 aliphatic rings. The van der Waals surface area contributed by atoms with Crippen molar-refractivity contribution in [2.24, 2.45) is 0 Å². The van der Waals surface area contributed by atoms with Gasteiger partial charge in [0.25, 0.3) is 5.91 Å². The van der Waals surface area contributed by atoms with Crippen LogP contribution in [0.25, 0.3) is 0 Å². The topological polar surface area (TPSA) is 49.3 Å². The zero-order chi connectivity index (χ0) is 16.0. The van der Waals surface area contributed by atoms with Gasteiger partial charge >= 0.3 is 0 Å². The Morgan fingerprint density at radius 3 is 2.57 bits per heavy atom. The zero-order valence-electron chi connectivity index (χ0n) is 10.5. The lowest BCUT2D eigenvalue weighted by Gasteiger charge is -2.09. The lowest BCUT2D eigenvalue weighted by molar-refractivity contribution is 0.102. The highest BCUT2D eigenvalue weighted by atomic mass is 79.9. The Morgan fingerprint density at radius 2 is 2.00 bits per heavy atom. The Bertz CT molecular complexity index is 640. The van der Waals surface area contributed by atoms with Gasteiger partial charge in [0.15, 0.2) is 7.12 Å². The van der Waals surface area contributed by atoms with E-state index in [2.05, 4.69) is 40.9 Å². The maximum absolute atomic E-state index is 13.6. The number of halogens is 3. The maximum atomic E-state index is 13.6. The Hall–Kier alpha value is -1.18. The number of amides is 1. The summed E-state index contributed by atoms with van der Waals surface area (Å²) in [7, 11) is 4.19. The number of phenolic OH excluding ortho intramolecular Hbond substituents is 1. The molecule has 0 saturated heterocycles. The number of aromatic hydroxyl groups is 1. The number of carbonyl (C=O) groups is 1. The highest BCUT2D eigenvalue weighted by Crippen LogP contribution is 2.28. The molecule has 21 heavy (non-hydrogen) atoms. The van der Waals surface area contributed by atoms with Crippen LogP contribution >= 0.6 is 40.0 Å². The molecule has 0 aliphatic heterocycles. The summed E-state index contributed by atoms with van der Waals surface area (Å²) in [5.41, 5.74) is -0.0843. The van der Waals surface area contributed by atoms with E-state index in [-0.39, 0.29) is 22.0 Å². The van der Waals surface area contributed by atoms with Gasteiger partial charge in [-0.1, -0.05) is 33.6 Å². The largest absolute Gasteiger partial charge is 0.506 e. The molecule has 2 radical (unpaired) electrons. The minimum absolute atomic E-state index is 0.00843. The highest BCUT2D eigenvalue weighted by Gasteiger charge is 2.16. The lowest BCUT2D eigenvalue weighted by atomic mass is 10.2. The third kappa shape index (κ3) is 4.66. The molecule has 2 aromatic rings. The van der Waals surface area contributed by atoms with Gasteiger partial charge in [0.2, 0.25) is 0 Å². The van der Waals surface area contributed by atoms with E-state index in [1.54, 1.807) is 6.07 Å². The van der Waals surface area contributed by atoms with Crippen molar-refractivity contribution in [1.82, 2.24) is 0 Å². The first-order valence-corrected chi connectivity index (χ1v) is 7.17. The fourth-order valence-electron chi connectivity index (χ4n) is 1.51. The first kappa shape index (κ1) is 17.9. The van der Waals surface area contributed by atoms with E-state index in [0.29, 0.717) is 4.47 Å². The lowest BCUT2D eigenvalue weighted by Crippen LogP contribution is -2.14. The Labute approximate surface area is 141 Å². The molecule has 0 saturated carbocycles. The number of phenols is 1. The van der Waals surface area contributed by atoms with Gasteiger partial charge in [-0.15, -0.1) is 0 Å². The van der Waals surface area contributed by atoms with E-state index in [1.807, 2.05) is 0 Å². The molecule has 0 aliphatic carbocycles. The first-order valence-electron chi connectivity index (χ1n) is 5.48. The van der Waals surface area contributed by atoms with Gasteiger partial charge in [-0.25, -0.2) is 16.9 Å². The minimum atomic E-state index is -0.722. The maximum Gasteiger partial charge on any atom is 0.260 e. The van der Waals surface area contributed by atoms with E-state index in [1.165, 1.54) is 24.3 Å². The number of hydrogen-bond acceptors (Lipinski definition) is 3. The Morgan fingerprint density at radius 1 is 1.33 bits per heavy atom. The highest BCUT2D eigenvalue weighted by molar-refractivity contribution is 9.10. The van der Waals surface area contributed by atoms with Gasteiger partial charge in [0, 0.05) is 4.47 Å². The number of rotatable bonds is 2. The summed E-state index contributed by atoms with van der Waals surface area (Å²) in [4.78, 5) is 11.9. The monoisotopic (exact) mass is 387 g/mol. The standard InChI is InChI=1S/C13H8BrClFNO2.BHS/c14-7-4-5-10(11(18)6-7)17-13(19)12-8(15)2-1-3-9(12)16;1-2/h1-6,18H,(H,17,19);2H. The van der Waals surface area contributed by atoms with Gasteiger partial charge in [-0.3, -0.25) is 4.79 Å². The third-order valence-electron chi connectivity index (χ3n) is 2.40. The van der Waals surface area contributed by atoms with Crippen LogP contribution in [0.1, 0.15) is 10.4 Å². The average Bonchev–Trinajstić information content (AvgIpc) is 2.44. The quantitative estimate of drug-likeness (QED) is 0.410. The average molecular weight is 388 g/mol. The van der Waals surface area contributed by atoms with Crippen molar-refractivity contribution < 1.29 is 14.3 Å². The number of hydrogen-bond donors (Lipinski definition) is 3. The Balaban J connectivity index is 0.00000106. The fraction of sp³-hybridized carbons (Fsp3) is 0. The van der Waals surface area contributed by atoms with Crippen molar-refractivity contribution in [3.8, 4) is 5.75 Å². The third-order valence-corrected chi connectivity index (χ3v) is 3.21. The second kappa shape index (κ2) is 8.31. The number of thiol groups is 1. The van der Waals surface area contributed by atoms with Crippen LogP contribution in [0.15, 0.2) is 40.9 Å². The van der Waals surface area contributed by atoms with Crippen LogP contribution in [0.3, 0.4) is 0 Å². The summed E-state index contributed by atoms with van der Waals surface area (Å²) in [5.74, 6) is -1.57. The van der Waals surface area contributed by atoms with Crippen LogP contribution in [-0.2, 0) is 0 Å². The fourth-order valence-corrected chi connectivity index (χ4v) is 2.11. The molecule has 0 spiro atoms. The molecule has 108 valence electrons. The molecule has 0 heterocycles. The van der Waals surface area contributed by atoms with Gasteiger partial charge in [-0.2, -0.15) is 0 Å². The Kier molecular flexibility index (Phi) is 7.08. The van der Waals surface area contributed by atoms with E-state index in [4.69, 9.17) is 11.6 Å². The van der Waals surface area contributed by atoms with Gasteiger partial charge in [-0.05, 0) is 30.3 Å². The molecule has 1 amide bonds. The zero-order valence-corrected chi connectivity index (χ0v) is 13.7. The van der Waals surface area contributed by atoms with Crippen molar-refractivity contribution >= 4 is 58.7 Å². The van der Waals surface area contributed by atoms with Crippen LogP contribution in [0.5, 0.6) is 5.75 Å². The minimum Gasteiger partial charge on any atom is -0.506 e. The molecule has 3 nitrogen and oxygen atoms in total. The number of benzene rings is 2. The summed E-state index contributed by atoms with van der Waals surface area (Å²) < 4.78 is 14.2. The number of anilines is 1. The predicted octanol–water partition coefficient (Wildman–Crippen LogP) is 4.20. The first-order chi connectivity index (χ1) is 9.99. The van der Waals surface area contributed by atoms with E-state index >= 15 is 0 Å². The SMILES string of the molecule is O=C(Nc1ccc(Br)cc1O)c1c(F)cccc1Cl.[B]S. The molecule has 2 N–H and O–H groups in total. The molecule has 0 atom stereocenters. The predicted molar refractivity (Wildman–Crippen MR) is 89.9 cm³/mol. The molecule has 0 aromatic heterocycles. The van der Waals surface area contributed by atoms with Crippen LogP contribution in [0.4, 0.5) is 10.1 Å².